The average molecular weight is 585 g/mol. The summed E-state index contributed by atoms with van der Waals surface area (Å²) in [5, 5.41) is 6.64. The topological polar surface area (TPSA) is 42.8 Å². The zero-order chi connectivity index (χ0) is 29.3. The lowest BCUT2D eigenvalue weighted by molar-refractivity contribution is 0.286. The van der Waals surface area contributed by atoms with Crippen LogP contribution in [0.3, 0.4) is 0 Å². The summed E-state index contributed by atoms with van der Waals surface area (Å²) in [6.07, 6.45) is 7.61. The van der Waals surface area contributed by atoms with Crippen LogP contribution in [-0.2, 0) is 6.61 Å². The van der Waals surface area contributed by atoms with Crippen molar-refractivity contribution in [3.8, 4) is 11.5 Å². The molecule has 214 valence electrons. The van der Waals surface area contributed by atoms with E-state index < -0.39 is 0 Å². The molecule has 4 nitrogen and oxygen atoms in total. The number of aliphatic imine (C=N–C) groups is 1. The molecule has 0 radical (unpaired) electrons. The van der Waals surface area contributed by atoms with Crippen LogP contribution in [0.4, 0.5) is 11.4 Å². The number of benzene rings is 5. The molecular formula is C38H33ClN2O2. The SMILES string of the molecule is COc1cc(C=Nc2ccc([C@@H]3Nc4ccc(C)cc4[C@@H]4C=CC[C@@H]43)cc2)cc(Cl)c1OCc1cccc2ccccc12. The van der Waals surface area contributed by atoms with Crippen LogP contribution in [0.5, 0.6) is 11.5 Å². The molecule has 0 saturated carbocycles. The third-order valence-electron chi connectivity index (χ3n) is 8.64. The first-order chi connectivity index (χ1) is 21.1. The van der Waals surface area contributed by atoms with Gasteiger partial charge in [0, 0.05) is 17.8 Å². The van der Waals surface area contributed by atoms with Gasteiger partial charge in [0.05, 0.1) is 23.9 Å². The number of hydrogen-bond acceptors (Lipinski definition) is 4. The highest BCUT2D eigenvalue weighted by Crippen LogP contribution is 2.50. The van der Waals surface area contributed by atoms with Crippen LogP contribution in [0.25, 0.3) is 10.8 Å². The molecule has 7 rings (SSSR count). The lowest BCUT2D eigenvalue weighted by Gasteiger charge is -2.37. The third kappa shape index (κ3) is 5.39. The van der Waals surface area contributed by atoms with Crippen LogP contribution >= 0.6 is 11.6 Å². The quantitative estimate of drug-likeness (QED) is 0.153. The Kier molecular flexibility index (Phi) is 7.38. The van der Waals surface area contributed by atoms with Crippen LogP contribution < -0.4 is 14.8 Å². The van der Waals surface area contributed by atoms with Crippen molar-refractivity contribution in [2.75, 3.05) is 12.4 Å². The molecule has 43 heavy (non-hydrogen) atoms. The molecule has 0 saturated heterocycles. The minimum Gasteiger partial charge on any atom is -0.493 e. The van der Waals surface area contributed by atoms with Gasteiger partial charge >= 0.3 is 0 Å². The van der Waals surface area contributed by atoms with E-state index in [9.17, 15) is 0 Å². The van der Waals surface area contributed by atoms with Crippen molar-refractivity contribution in [1.82, 2.24) is 0 Å². The van der Waals surface area contributed by atoms with Gasteiger partial charge in [0.25, 0.3) is 0 Å². The minimum absolute atomic E-state index is 0.262. The van der Waals surface area contributed by atoms with E-state index in [2.05, 4.69) is 91.1 Å². The highest BCUT2D eigenvalue weighted by molar-refractivity contribution is 6.32. The molecular weight excluding hydrogens is 552 g/mol. The Balaban J connectivity index is 1.07. The maximum atomic E-state index is 6.70. The Bertz CT molecular complexity index is 1860. The van der Waals surface area contributed by atoms with E-state index in [1.807, 2.05) is 36.5 Å². The molecule has 2 aliphatic rings. The van der Waals surface area contributed by atoms with Gasteiger partial charge < -0.3 is 14.8 Å². The molecule has 5 heteroatoms. The van der Waals surface area contributed by atoms with Crippen LogP contribution in [-0.4, -0.2) is 13.3 Å². The van der Waals surface area contributed by atoms with Crippen LogP contribution in [0.15, 0.2) is 114 Å². The van der Waals surface area contributed by atoms with Crippen LogP contribution in [0.2, 0.25) is 5.02 Å². The molecule has 3 atom stereocenters. The van der Waals surface area contributed by atoms with Crippen molar-refractivity contribution in [2.24, 2.45) is 10.9 Å². The zero-order valence-corrected chi connectivity index (χ0v) is 25.0. The van der Waals surface area contributed by atoms with Crippen molar-refractivity contribution in [1.29, 1.82) is 0 Å². The van der Waals surface area contributed by atoms with Gasteiger partial charge in [0.2, 0.25) is 0 Å². The van der Waals surface area contributed by atoms with Crippen molar-refractivity contribution < 1.29 is 9.47 Å². The number of aryl methyl sites for hydroxylation is 1. The van der Waals surface area contributed by atoms with Crippen LogP contribution in [0, 0.1) is 12.8 Å². The van der Waals surface area contributed by atoms with Gasteiger partial charge in [-0.3, -0.25) is 4.99 Å². The van der Waals surface area contributed by atoms with Gasteiger partial charge in [-0.05, 0) is 82.6 Å². The highest BCUT2D eigenvalue weighted by Gasteiger charge is 2.37. The lowest BCUT2D eigenvalue weighted by atomic mass is 9.76. The van der Waals surface area contributed by atoms with E-state index in [1.165, 1.54) is 27.8 Å². The molecule has 0 bridgehead atoms. The number of fused-ring (bicyclic) bond motifs is 4. The predicted molar refractivity (Wildman–Crippen MR) is 178 cm³/mol. The summed E-state index contributed by atoms with van der Waals surface area (Å²) in [7, 11) is 1.62. The van der Waals surface area contributed by atoms with Crippen molar-refractivity contribution >= 4 is 40.0 Å². The molecule has 0 spiro atoms. The smallest absolute Gasteiger partial charge is 0.180 e. The fraction of sp³-hybridized carbons (Fsp3) is 0.184. The summed E-state index contributed by atoms with van der Waals surface area (Å²) < 4.78 is 11.8. The number of rotatable bonds is 7. The first-order valence-corrected chi connectivity index (χ1v) is 15.1. The van der Waals surface area contributed by atoms with Crippen molar-refractivity contribution in [3.63, 3.8) is 0 Å². The van der Waals surface area contributed by atoms with E-state index >= 15 is 0 Å². The normalized spacial score (nSPS) is 18.8. The molecule has 0 fully saturated rings. The first kappa shape index (κ1) is 27.3. The number of methoxy groups -OCH3 is 1. The number of ether oxygens (including phenoxy) is 2. The predicted octanol–water partition coefficient (Wildman–Crippen LogP) is 9.97. The number of nitrogens with zero attached hydrogens (tertiary/aromatic N) is 1. The molecule has 1 N–H and O–H groups in total. The van der Waals surface area contributed by atoms with Crippen molar-refractivity contribution in [3.05, 3.63) is 142 Å². The van der Waals surface area contributed by atoms with Gasteiger partial charge in [0.15, 0.2) is 11.5 Å². The Morgan fingerprint density at radius 3 is 2.65 bits per heavy atom. The van der Waals surface area contributed by atoms with Gasteiger partial charge in [0.1, 0.15) is 6.61 Å². The van der Waals surface area contributed by atoms with Gasteiger partial charge in [-0.25, -0.2) is 0 Å². The molecule has 5 aromatic rings. The number of anilines is 1. The van der Waals surface area contributed by atoms with E-state index in [4.69, 9.17) is 26.1 Å². The number of hydrogen-bond donors (Lipinski definition) is 1. The van der Waals surface area contributed by atoms with E-state index in [1.54, 1.807) is 7.11 Å². The summed E-state index contributed by atoms with van der Waals surface area (Å²) in [5.41, 5.74) is 8.04. The summed E-state index contributed by atoms with van der Waals surface area (Å²) in [6, 6.07) is 33.8. The Morgan fingerprint density at radius 1 is 0.953 bits per heavy atom. The summed E-state index contributed by atoms with van der Waals surface area (Å²) in [6.45, 7) is 2.55. The maximum Gasteiger partial charge on any atom is 0.180 e. The average Bonchev–Trinajstić information content (AvgIpc) is 3.54. The van der Waals surface area contributed by atoms with Gasteiger partial charge in [-0.1, -0.05) is 96.0 Å². The summed E-state index contributed by atoms with van der Waals surface area (Å²) >= 11 is 6.70. The molecule has 1 aliphatic carbocycles. The second-order valence-corrected chi connectivity index (χ2v) is 11.8. The summed E-state index contributed by atoms with van der Waals surface area (Å²) in [4.78, 5) is 4.74. The molecule has 5 aromatic carbocycles. The molecule has 1 aliphatic heterocycles. The third-order valence-corrected chi connectivity index (χ3v) is 8.92. The summed E-state index contributed by atoms with van der Waals surface area (Å²) in [5.74, 6) is 2.07. The second-order valence-electron chi connectivity index (χ2n) is 11.4. The minimum atomic E-state index is 0.262. The molecule has 0 amide bonds. The number of halogens is 1. The van der Waals surface area contributed by atoms with E-state index in [0.717, 1.165) is 28.6 Å². The van der Waals surface area contributed by atoms with E-state index in [-0.39, 0.29) is 6.04 Å². The maximum absolute atomic E-state index is 6.70. The fourth-order valence-corrected chi connectivity index (χ4v) is 6.76. The molecule has 0 unspecified atom stereocenters. The zero-order valence-electron chi connectivity index (χ0n) is 24.3. The first-order valence-electron chi connectivity index (χ1n) is 14.7. The lowest BCUT2D eigenvalue weighted by Crippen LogP contribution is -2.29. The highest BCUT2D eigenvalue weighted by atomic mass is 35.5. The largest absolute Gasteiger partial charge is 0.493 e. The van der Waals surface area contributed by atoms with Crippen LogP contribution in [0.1, 0.15) is 46.2 Å². The number of allylic oxidation sites excluding steroid dienone is 2. The van der Waals surface area contributed by atoms with Gasteiger partial charge in [-0.15, -0.1) is 0 Å². The Labute approximate surface area is 257 Å². The molecule has 1 heterocycles. The Hall–Kier alpha value is -4.54. The fourth-order valence-electron chi connectivity index (χ4n) is 6.48. The number of nitrogens with one attached hydrogen (secondary N) is 1. The molecule has 0 aromatic heterocycles. The second kappa shape index (κ2) is 11.6. The van der Waals surface area contributed by atoms with Crippen molar-refractivity contribution in [2.45, 2.75) is 31.9 Å². The monoisotopic (exact) mass is 584 g/mol. The Morgan fingerprint density at radius 2 is 1.79 bits per heavy atom. The van der Waals surface area contributed by atoms with E-state index in [0.29, 0.717) is 35.0 Å². The standard InChI is InChI=1S/C38H33ClN2O2/c1-24-13-18-35-33(19-24)31-11-6-12-32(31)37(41-35)27-14-16-29(17-15-27)40-22-25-20-34(39)38(36(21-25)42-2)43-23-28-9-5-8-26-7-3-4-10-30(26)28/h3-11,13-22,31-32,37,41H,12,23H2,1-2H3/t31-,32+,37+/m1/s1. The van der Waals surface area contributed by atoms with Gasteiger partial charge in [-0.2, -0.15) is 0 Å².